The second-order valence-corrected chi connectivity index (χ2v) is 2.38. The van der Waals surface area contributed by atoms with Gasteiger partial charge in [-0.05, 0) is 12.8 Å². The van der Waals surface area contributed by atoms with Crippen LogP contribution in [0.5, 0.6) is 0 Å². The largest absolute Gasteiger partial charge is 0.476 e. The molecule has 0 aromatic heterocycles. The third-order valence-corrected chi connectivity index (χ3v) is 1.76. The van der Waals surface area contributed by atoms with Crippen LogP contribution < -0.4 is 5.32 Å². The molecule has 0 spiro atoms. The van der Waals surface area contributed by atoms with Crippen LogP contribution in [0, 0.1) is 7.05 Å². The first-order chi connectivity index (χ1) is 3.83. The summed E-state index contributed by atoms with van der Waals surface area (Å²) in [4.78, 5) is 0. The number of methoxy groups -OCH3 is 1. The van der Waals surface area contributed by atoms with Crippen molar-refractivity contribution < 1.29 is 10.1 Å². The summed E-state index contributed by atoms with van der Waals surface area (Å²) in [5, 5.41) is 1.93. The van der Waals surface area contributed by atoms with E-state index in [2.05, 4.69) is 7.05 Å². The fourth-order valence-corrected chi connectivity index (χ4v) is 0.894. The van der Waals surface area contributed by atoms with Gasteiger partial charge in [0.05, 0.1) is 6.54 Å². The van der Waals surface area contributed by atoms with E-state index >= 15 is 0 Å². The third-order valence-electron chi connectivity index (χ3n) is 1.76. The summed E-state index contributed by atoms with van der Waals surface area (Å²) in [5.74, 6) is 0. The van der Waals surface area contributed by atoms with Crippen LogP contribution in [0.3, 0.4) is 0 Å². The molecule has 0 aromatic carbocycles. The molecule has 0 aromatic rings. The lowest BCUT2D eigenvalue weighted by Gasteiger charge is -2.10. The maximum Gasteiger partial charge on any atom is 0.114 e. The van der Waals surface area contributed by atoms with Gasteiger partial charge in [0, 0.05) is 7.11 Å². The van der Waals surface area contributed by atoms with E-state index in [1.165, 1.54) is 12.8 Å². The van der Waals surface area contributed by atoms with Gasteiger partial charge in [-0.25, -0.2) is 0 Å². The maximum absolute atomic E-state index is 5.22. The van der Waals surface area contributed by atoms with E-state index in [1.807, 2.05) is 5.32 Å². The molecule has 0 saturated heterocycles. The highest BCUT2D eigenvalue weighted by Gasteiger charge is 2.43. The van der Waals surface area contributed by atoms with E-state index in [0.717, 1.165) is 6.54 Å². The Balaban J connectivity index is 2.20. The third kappa shape index (κ3) is 1.01. The zero-order chi connectivity index (χ0) is 6.04. The van der Waals surface area contributed by atoms with Crippen LogP contribution in [0.4, 0.5) is 0 Å². The van der Waals surface area contributed by atoms with Gasteiger partial charge in [-0.15, -0.1) is 0 Å². The predicted octanol–water partition coefficient (Wildman–Crippen LogP) is -0.480. The van der Waals surface area contributed by atoms with E-state index < -0.39 is 0 Å². The Kier molecular flexibility index (Phi) is 1.54. The van der Waals surface area contributed by atoms with Gasteiger partial charge in [0.1, 0.15) is 5.60 Å². The molecule has 1 aliphatic carbocycles. The lowest BCUT2D eigenvalue weighted by atomic mass is 10.3. The molecule has 0 radical (unpaired) electrons. The predicted molar refractivity (Wildman–Crippen MR) is 31.1 cm³/mol. The highest BCUT2D eigenvalue weighted by atomic mass is 16.5. The second kappa shape index (κ2) is 2.03. The van der Waals surface area contributed by atoms with Crippen molar-refractivity contribution in [2.75, 3.05) is 13.7 Å². The standard InChI is InChI=1S/C6H13NO/c1-7-5-6(8-2)3-4-6/h1,3-5,7H2,2H3. The van der Waals surface area contributed by atoms with Crippen LogP contribution in [0.25, 0.3) is 0 Å². The molecule has 8 heavy (non-hydrogen) atoms. The Bertz CT molecular complexity index is 78.6. The number of quaternary nitrogens is 1. The molecule has 1 rings (SSSR count). The van der Waals surface area contributed by atoms with Crippen molar-refractivity contribution in [2.45, 2.75) is 18.4 Å². The molecule has 2 N–H and O–H groups in total. The van der Waals surface area contributed by atoms with Crippen LogP contribution >= 0.6 is 0 Å². The Morgan fingerprint density at radius 3 is 2.50 bits per heavy atom. The first-order valence-corrected chi connectivity index (χ1v) is 2.99. The van der Waals surface area contributed by atoms with Crippen LogP contribution in [0.15, 0.2) is 0 Å². The van der Waals surface area contributed by atoms with Crippen molar-refractivity contribution in [1.29, 1.82) is 0 Å². The summed E-state index contributed by atoms with van der Waals surface area (Å²) in [6, 6.07) is 0. The van der Waals surface area contributed by atoms with Crippen molar-refractivity contribution >= 4 is 0 Å². The summed E-state index contributed by atoms with van der Waals surface area (Å²) < 4.78 is 5.22. The average molecular weight is 115 g/mol. The number of nitrogens with two attached hydrogens (primary N) is 1. The zero-order valence-corrected chi connectivity index (χ0v) is 5.31. The number of hydrogen-bond donors (Lipinski definition) is 1. The first kappa shape index (κ1) is 6.05. The van der Waals surface area contributed by atoms with Gasteiger partial charge in [0.2, 0.25) is 0 Å². The highest BCUT2D eigenvalue weighted by Crippen LogP contribution is 2.36. The molecule has 0 atom stereocenters. The summed E-state index contributed by atoms with van der Waals surface area (Å²) in [7, 11) is 5.43. The SMILES string of the molecule is [CH2-][NH2+]CC1(OC)CC1. The summed E-state index contributed by atoms with van der Waals surface area (Å²) in [6.45, 7) is 1.02. The van der Waals surface area contributed by atoms with Crippen LogP contribution in [0.2, 0.25) is 0 Å². The average Bonchev–Trinajstić information content (AvgIpc) is 2.50. The normalized spacial score (nSPS) is 23.2. The first-order valence-electron chi connectivity index (χ1n) is 2.99. The fourth-order valence-electron chi connectivity index (χ4n) is 0.894. The van der Waals surface area contributed by atoms with E-state index in [0.29, 0.717) is 0 Å². The van der Waals surface area contributed by atoms with Crippen molar-refractivity contribution in [1.82, 2.24) is 0 Å². The highest BCUT2D eigenvalue weighted by molar-refractivity contribution is 4.94. The van der Waals surface area contributed by atoms with Gasteiger partial charge in [-0.1, -0.05) is 0 Å². The van der Waals surface area contributed by atoms with Gasteiger partial charge >= 0.3 is 0 Å². The molecule has 1 fully saturated rings. The van der Waals surface area contributed by atoms with Gasteiger partial charge in [0.25, 0.3) is 0 Å². The van der Waals surface area contributed by atoms with Crippen molar-refractivity contribution in [3.63, 3.8) is 0 Å². The van der Waals surface area contributed by atoms with Gasteiger partial charge in [-0.2, -0.15) is 7.05 Å². The zero-order valence-electron chi connectivity index (χ0n) is 5.31. The minimum absolute atomic E-state index is 0.224. The molecule has 0 aliphatic heterocycles. The molecule has 0 unspecified atom stereocenters. The molecule has 0 heterocycles. The van der Waals surface area contributed by atoms with Crippen molar-refractivity contribution in [3.05, 3.63) is 7.05 Å². The Labute approximate surface area is 50.2 Å². The van der Waals surface area contributed by atoms with Crippen LogP contribution in [-0.2, 0) is 4.74 Å². The van der Waals surface area contributed by atoms with E-state index in [9.17, 15) is 0 Å². The van der Waals surface area contributed by atoms with Gasteiger partial charge < -0.3 is 10.1 Å². The lowest BCUT2D eigenvalue weighted by molar-refractivity contribution is -0.606. The molecular weight excluding hydrogens is 102 g/mol. The minimum Gasteiger partial charge on any atom is -0.476 e. The molecule has 0 bridgehead atoms. The fraction of sp³-hybridized carbons (Fsp3) is 0.833. The van der Waals surface area contributed by atoms with Gasteiger partial charge in [0.15, 0.2) is 0 Å². The summed E-state index contributed by atoms with van der Waals surface area (Å²) >= 11 is 0. The van der Waals surface area contributed by atoms with Crippen molar-refractivity contribution in [3.8, 4) is 0 Å². The van der Waals surface area contributed by atoms with Gasteiger partial charge in [-0.3, -0.25) is 0 Å². The molecule has 48 valence electrons. The Morgan fingerprint density at radius 1 is 1.75 bits per heavy atom. The lowest BCUT2D eigenvalue weighted by Crippen LogP contribution is -2.80. The second-order valence-electron chi connectivity index (χ2n) is 2.38. The molecule has 0 amide bonds. The summed E-state index contributed by atoms with van der Waals surface area (Å²) in [6.07, 6.45) is 2.44. The smallest absolute Gasteiger partial charge is 0.114 e. The topological polar surface area (TPSA) is 25.8 Å². The van der Waals surface area contributed by atoms with E-state index in [1.54, 1.807) is 7.11 Å². The summed E-state index contributed by atoms with van der Waals surface area (Å²) in [5.41, 5.74) is 0.224. The van der Waals surface area contributed by atoms with E-state index in [4.69, 9.17) is 4.74 Å². The van der Waals surface area contributed by atoms with Crippen LogP contribution in [-0.4, -0.2) is 19.3 Å². The quantitative estimate of drug-likeness (QED) is 0.494. The minimum atomic E-state index is 0.224. The maximum atomic E-state index is 5.22. The number of hydrogen-bond acceptors (Lipinski definition) is 1. The number of ether oxygens (including phenoxy) is 1. The number of rotatable bonds is 3. The monoisotopic (exact) mass is 115 g/mol. The van der Waals surface area contributed by atoms with Crippen molar-refractivity contribution in [2.24, 2.45) is 0 Å². The van der Waals surface area contributed by atoms with Crippen LogP contribution in [0.1, 0.15) is 12.8 Å². The molecule has 2 heteroatoms. The molecule has 1 aliphatic rings. The Hall–Kier alpha value is -0.0800. The Morgan fingerprint density at radius 2 is 2.38 bits per heavy atom. The molecule has 1 saturated carbocycles. The van der Waals surface area contributed by atoms with E-state index in [-0.39, 0.29) is 5.60 Å². The molecular formula is C6H13NO. The molecule has 2 nitrogen and oxygen atoms in total.